The molecule has 0 spiro atoms. The van der Waals surface area contributed by atoms with E-state index in [1.54, 1.807) is 30.3 Å². The van der Waals surface area contributed by atoms with Crippen molar-refractivity contribution < 1.29 is 8.78 Å². The average Bonchev–Trinajstić information content (AvgIpc) is 3.35. The highest BCUT2D eigenvalue weighted by Crippen LogP contribution is 2.29. The molecule has 2 aromatic heterocycles. The number of thiazole rings is 1. The van der Waals surface area contributed by atoms with Crippen molar-refractivity contribution in [1.82, 2.24) is 19.7 Å². The van der Waals surface area contributed by atoms with Crippen molar-refractivity contribution in [2.24, 2.45) is 0 Å². The van der Waals surface area contributed by atoms with Gasteiger partial charge in [-0.15, -0.1) is 28.1 Å². The standard InChI is InChI=1S/C21H16F2N4S2/c1-2-11-27-19(14-3-7-16(22)8-4-14)25-26-21(27)29-13-18-12-28-20(24-18)15-5-9-17(23)10-6-15/h2-10,12H,1,11,13H2. The lowest BCUT2D eigenvalue weighted by atomic mass is 10.2. The summed E-state index contributed by atoms with van der Waals surface area (Å²) >= 11 is 3.04. The summed E-state index contributed by atoms with van der Waals surface area (Å²) in [6, 6.07) is 12.5. The minimum Gasteiger partial charge on any atom is -0.298 e. The molecular weight excluding hydrogens is 410 g/mol. The first kappa shape index (κ1) is 19.5. The third-order valence-electron chi connectivity index (χ3n) is 4.12. The van der Waals surface area contributed by atoms with Gasteiger partial charge in [-0.05, 0) is 48.5 Å². The van der Waals surface area contributed by atoms with Crippen molar-refractivity contribution >= 4 is 23.1 Å². The van der Waals surface area contributed by atoms with Gasteiger partial charge in [0.05, 0.1) is 5.69 Å². The number of rotatable bonds is 7. The summed E-state index contributed by atoms with van der Waals surface area (Å²) in [5.74, 6) is 0.729. The Morgan fingerprint density at radius 1 is 0.966 bits per heavy atom. The molecule has 0 unspecified atom stereocenters. The number of benzene rings is 2. The Morgan fingerprint density at radius 3 is 2.28 bits per heavy atom. The Kier molecular flexibility index (Phi) is 5.82. The second kappa shape index (κ2) is 8.67. The van der Waals surface area contributed by atoms with E-state index in [1.807, 2.05) is 9.95 Å². The van der Waals surface area contributed by atoms with Crippen LogP contribution < -0.4 is 0 Å². The summed E-state index contributed by atoms with van der Waals surface area (Å²) in [6.07, 6.45) is 1.77. The van der Waals surface area contributed by atoms with Crippen LogP contribution in [0.15, 0.2) is 71.7 Å². The highest BCUT2D eigenvalue weighted by atomic mass is 32.2. The number of hydrogen-bond donors (Lipinski definition) is 0. The van der Waals surface area contributed by atoms with Crippen molar-refractivity contribution in [2.75, 3.05) is 0 Å². The van der Waals surface area contributed by atoms with Crippen LogP contribution in [0, 0.1) is 11.6 Å². The summed E-state index contributed by atoms with van der Waals surface area (Å²) in [6.45, 7) is 4.35. The number of allylic oxidation sites excluding steroid dienone is 1. The molecule has 0 aliphatic carbocycles. The maximum absolute atomic E-state index is 13.2. The van der Waals surface area contributed by atoms with E-state index in [1.165, 1.54) is 47.4 Å². The molecule has 0 N–H and O–H groups in total. The fourth-order valence-corrected chi connectivity index (χ4v) is 4.51. The van der Waals surface area contributed by atoms with E-state index in [0.29, 0.717) is 18.1 Å². The van der Waals surface area contributed by atoms with Gasteiger partial charge in [-0.3, -0.25) is 4.57 Å². The molecule has 0 amide bonds. The molecule has 0 atom stereocenters. The molecule has 4 aromatic rings. The quantitative estimate of drug-likeness (QED) is 0.276. The zero-order chi connectivity index (χ0) is 20.2. The van der Waals surface area contributed by atoms with Gasteiger partial charge in [0.25, 0.3) is 0 Å². The lowest BCUT2D eigenvalue weighted by Crippen LogP contribution is -2.00. The number of thioether (sulfide) groups is 1. The molecule has 2 heterocycles. The summed E-state index contributed by atoms with van der Waals surface area (Å²) < 4.78 is 28.3. The lowest BCUT2D eigenvalue weighted by molar-refractivity contribution is 0.627. The van der Waals surface area contributed by atoms with Gasteiger partial charge < -0.3 is 0 Å². The Hall–Kier alpha value is -2.84. The Labute approximate surface area is 175 Å². The molecule has 0 bridgehead atoms. The van der Waals surface area contributed by atoms with Crippen molar-refractivity contribution in [1.29, 1.82) is 0 Å². The summed E-state index contributed by atoms with van der Waals surface area (Å²) in [7, 11) is 0. The molecule has 4 nitrogen and oxygen atoms in total. The van der Waals surface area contributed by atoms with Gasteiger partial charge in [0.2, 0.25) is 0 Å². The Morgan fingerprint density at radius 2 is 1.62 bits per heavy atom. The molecule has 29 heavy (non-hydrogen) atoms. The smallest absolute Gasteiger partial charge is 0.192 e. The number of halogens is 2. The molecule has 0 aliphatic heterocycles. The fourth-order valence-electron chi connectivity index (χ4n) is 2.74. The SMILES string of the molecule is C=CCn1c(SCc2csc(-c3ccc(F)cc3)n2)nnc1-c1ccc(F)cc1. The van der Waals surface area contributed by atoms with E-state index in [2.05, 4.69) is 21.8 Å². The second-order valence-electron chi connectivity index (χ2n) is 6.15. The Bertz CT molecular complexity index is 1120. The lowest BCUT2D eigenvalue weighted by Gasteiger charge is -2.07. The minimum absolute atomic E-state index is 0.264. The van der Waals surface area contributed by atoms with Crippen LogP contribution in [0.2, 0.25) is 0 Å². The third-order valence-corrected chi connectivity index (χ3v) is 6.06. The van der Waals surface area contributed by atoms with Crippen LogP contribution in [-0.2, 0) is 12.3 Å². The molecule has 146 valence electrons. The first-order valence-electron chi connectivity index (χ1n) is 8.77. The van der Waals surface area contributed by atoms with Crippen molar-refractivity contribution in [3.8, 4) is 22.0 Å². The van der Waals surface area contributed by atoms with Crippen molar-refractivity contribution in [2.45, 2.75) is 17.5 Å². The van der Waals surface area contributed by atoms with E-state index < -0.39 is 0 Å². The number of aromatic nitrogens is 4. The molecule has 0 radical (unpaired) electrons. The summed E-state index contributed by atoms with van der Waals surface area (Å²) in [5.41, 5.74) is 2.59. The fraction of sp³-hybridized carbons (Fsp3) is 0.0952. The van der Waals surface area contributed by atoms with E-state index in [0.717, 1.165) is 27.0 Å². The van der Waals surface area contributed by atoms with Crippen LogP contribution in [0.3, 0.4) is 0 Å². The highest BCUT2D eigenvalue weighted by Gasteiger charge is 2.15. The number of hydrogen-bond acceptors (Lipinski definition) is 5. The summed E-state index contributed by atoms with van der Waals surface area (Å²) in [5, 5.41) is 12.1. The Balaban J connectivity index is 1.52. The van der Waals surface area contributed by atoms with Gasteiger partial charge in [-0.2, -0.15) is 0 Å². The van der Waals surface area contributed by atoms with Crippen LogP contribution in [0.1, 0.15) is 5.69 Å². The van der Waals surface area contributed by atoms with E-state index in [9.17, 15) is 8.78 Å². The van der Waals surface area contributed by atoms with Crippen molar-refractivity contribution in [3.05, 3.63) is 83.9 Å². The van der Waals surface area contributed by atoms with E-state index >= 15 is 0 Å². The van der Waals surface area contributed by atoms with Gasteiger partial charge in [0.15, 0.2) is 11.0 Å². The van der Waals surface area contributed by atoms with Gasteiger partial charge in [-0.25, -0.2) is 13.8 Å². The molecular formula is C21H16F2N4S2. The first-order valence-corrected chi connectivity index (χ1v) is 10.6. The monoisotopic (exact) mass is 426 g/mol. The molecule has 0 aliphatic rings. The molecule has 4 rings (SSSR count). The first-order chi connectivity index (χ1) is 14.1. The van der Waals surface area contributed by atoms with Crippen LogP contribution >= 0.6 is 23.1 Å². The number of nitrogens with zero attached hydrogens (tertiary/aromatic N) is 4. The van der Waals surface area contributed by atoms with Crippen LogP contribution in [0.5, 0.6) is 0 Å². The zero-order valence-electron chi connectivity index (χ0n) is 15.3. The van der Waals surface area contributed by atoms with Gasteiger partial charge in [0, 0.05) is 28.8 Å². The topological polar surface area (TPSA) is 43.6 Å². The predicted molar refractivity (Wildman–Crippen MR) is 113 cm³/mol. The largest absolute Gasteiger partial charge is 0.298 e. The van der Waals surface area contributed by atoms with Crippen LogP contribution in [0.4, 0.5) is 8.78 Å². The minimum atomic E-state index is -0.293. The van der Waals surface area contributed by atoms with Gasteiger partial charge in [0.1, 0.15) is 16.6 Å². The normalized spacial score (nSPS) is 11.0. The highest BCUT2D eigenvalue weighted by molar-refractivity contribution is 7.98. The molecule has 2 aromatic carbocycles. The predicted octanol–water partition coefficient (Wildman–Crippen LogP) is 5.83. The van der Waals surface area contributed by atoms with E-state index in [4.69, 9.17) is 0 Å². The molecule has 0 fully saturated rings. The zero-order valence-corrected chi connectivity index (χ0v) is 16.9. The molecule has 0 saturated heterocycles. The maximum atomic E-state index is 13.2. The third kappa shape index (κ3) is 4.44. The summed E-state index contributed by atoms with van der Waals surface area (Å²) in [4.78, 5) is 4.63. The molecule has 8 heteroatoms. The van der Waals surface area contributed by atoms with Gasteiger partial charge in [-0.1, -0.05) is 17.8 Å². The van der Waals surface area contributed by atoms with Crippen LogP contribution in [0.25, 0.3) is 22.0 Å². The average molecular weight is 427 g/mol. The van der Waals surface area contributed by atoms with Crippen molar-refractivity contribution in [3.63, 3.8) is 0 Å². The van der Waals surface area contributed by atoms with Gasteiger partial charge >= 0.3 is 0 Å². The van der Waals surface area contributed by atoms with E-state index in [-0.39, 0.29) is 11.6 Å². The molecule has 0 saturated carbocycles. The van der Waals surface area contributed by atoms with Crippen LogP contribution in [-0.4, -0.2) is 19.7 Å². The second-order valence-corrected chi connectivity index (χ2v) is 7.95. The maximum Gasteiger partial charge on any atom is 0.192 e.